The molecule has 2 N–H and O–H groups in total. The molecule has 1 atom stereocenters. The first-order valence-corrected chi connectivity index (χ1v) is 12.4. The highest BCUT2D eigenvalue weighted by molar-refractivity contribution is 7.90. The van der Waals surface area contributed by atoms with E-state index in [2.05, 4.69) is 10.0 Å². The van der Waals surface area contributed by atoms with E-state index >= 15 is 0 Å². The summed E-state index contributed by atoms with van der Waals surface area (Å²) in [7, 11) is -7.02. The van der Waals surface area contributed by atoms with Gasteiger partial charge in [0.05, 0.1) is 20.5 Å². The number of nitrogens with one attached hydrogen (secondary N) is 2. The largest absolute Gasteiger partial charge is 0.382 e. The van der Waals surface area contributed by atoms with E-state index in [0.717, 1.165) is 11.8 Å². The number of sulfonamides is 1. The highest BCUT2D eigenvalue weighted by Gasteiger charge is 2.22. The summed E-state index contributed by atoms with van der Waals surface area (Å²) in [5, 5.41) is 3.30. The van der Waals surface area contributed by atoms with Gasteiger partial charge in [0, 0.05) is 18.8 Å². The average molecular weight is 445 g/mol. The lowest BCUT2D eigenvalue weighted by Gasteiger charge is -2.19. The van der Waals surface area contributed by atoms with Gasteiger partial charge in [0.15, 0.2) is 9.84 Å². The minimum absolute atomic E-state index is 0.127. The van der Waals surface area contributed by atoms with Crippen molar-refractivity contribution in [3.8, 4) is 0 Å². The molecule has 0 radical (unpaired) electrons. The zero-order chi connectivity index (χ0) is 21.3. The number of sulfone groups is 1. The SMILES string of the molecule is Cc1cc(C)c(S(=O)(=O)N[C@@H](C)CNc2ccc(S(C)(=O)=O)cc2Cl)c(C)c1. The number of aryl methyl sites for hydroxylation is 3. The molecule has 0 unspecified atom stereocenters. The number of rotatable bonds is 7. The molecule has 0 amide bonds. The molecule has 2 aromatic carbocycles. The summed E-state index contributed by atoms with van der Waals surface area (Å²) in [5.74, 6) is 0. The normalized spacial score (nSPS) is 13.4. The lowest BCUT2D eigenvalue weighted by Crippen LogP contribution is -2.38. The van der Waals surface area contributed by atoms with E-state index < -0.39 is 25.9 Å². The number of anilines is 1. The average Bonchev–Trinajstić information content (AvgIpc) is 2.50. The van der Waals surface area contributed by atoms with Gasteiger partial charge in [-0.05, 0) is 57.0 Å². The maximum absolute atomic E-state index is 12.8. The van der Waals surface area contributed by atoms with Crippen LogP contribution in [0.4, 0.5) is 5.69 Å². The van der Waals surface area contributed by atoms with Crippen LogP contribution in [-0.4, -0.2) is 35.7 Å². The molecule has 0 spiro atoms. The molecule has 2 rings (SSSR count). The molecule has 0 saturated carbocycles. The topological polar surface area (TPSA) is 92.3 Å². The van der Waals surface area contributed by atoms with Crippen LogP contribution in [-0.2, 0) is 19.9 Å². The van der Waals surface area contributed by atoms with E-state index in [1.807, 2.05) is 19.1 Å². The van der Waals surface area contributed by atoms with Crippen LogP contribution in [0.15, 0.2) is 40.1 Å². The quantitative estimate of drug-likeness (QED) is 0.682. The summed E-state index contributed by atoms with van der Waals surface area (Å²) >= 11 is 6.14. The van der Waals surface area contributed by atoms with Crippen molar-refractivity contribution in [2.24, 2.45) is 0 Å². The van der Waals surface area contributed by atoms with Crippen molar-refractivity contribution in [1.29, 1.82) is 0 Å². The van der Waals surface area contributed by atoms with Crippen molar-refractivity contribution in [2.45, 2.75) is 43.5 Å². The Hall–Kier alpha value is -1.61. The molecule has 0 bridgehead atoms. The van der Waals surface area contributed by atoms with Crippen LogP contribution in [0.2, 0.25) is 5.02 Å². The highest BCUT2D eigenvalue weighted by atomic mass is 35.5. The third-order valence-electron chi connectivity index (χ3n) is 4.20. The minimum Gasteiger partial charge on any atom is -0.382 e. The monoisotopic (exact) mass is 444 g/mol. The van der Waals surface area contributed by atoms with E-state index in [0.29, 0.717) is 21.7 Å². The Balaban J connectivity index is 2.12. The fourth-order valence-electron chi connectivity index (χ4n) is 3.09. The fourth-order valence-corrected chi connectivity index (χ4v) is 5.74. The molecule has 0 aliphatic carbocycles. The molecule has 154 valence electrons. The molecule has 9 heteroatoms. The second kappa shape index (κ2) is 8.41. The van der Waals surface area contributed by atoms with Crippen LogP contribution in [0.3, 0.4) is 0 Å². The molecule has 6 nitrogen and oxygen atoms in total. The van der Waals surface area contributed by atoms with Gasteiger partial charge in [0.1, 0.15) is 0 Å². The van der Waals surface area contributed by atoms with E-state index in [1.54, 1.807) is 26.8 Å². The molecule has 0 heterocycles. The summed E-state index contributed by atoms with van der Waals surface area (Å²) in [5.41, 5.74) is 2.94. The molecule has 0 aliphatic rings. The maximum atomic E-state index is 12.8. The Kier molecular flexibility index (Phi) is 6.81. The molecule has 0 aromatic heterocycles. The Labute approximate surface area is 172 Å². The van der Waals surface area contributed by atoms with Gasteiger partial charge < -0.3 is 5.32 Å². The molecule has 0 fully saturated rings. The molecule has 0 saturated heterocycles. The molecular formula is C19H25ClN2O4S2. The number of benzene rings is 2. The van der Waals surface area contributed by atoms with Gasteiger partial charge in [-0.3, -0.25) is 0 Å². The van der Waals surface area contributed by atoms with Gasteiger partial charge in [-0.15, -0.1) is 0 Å². The predicted molar refractivity (Wildman–Crippen MR) is 113 cm³/mol. The summed E-state index contributed by atoms with van der Waals surface area (Å²) in [6.07, 6.45) is 1.11. The van der Waals surface area contributed by atoms with Gasteiger partial charge in [-0.1, -0.05) is 29.3 Å². The molecular weight excluding hydrogens is 420 g/mol. The Bertz CT molecular complexity index is 1070. The van der Waals surface area contributed by atoms with Gasteiger partial charge in [0.25, 0.3) is 0 Å². The Morgan fingerprint density at radius 2 is 1.57 bits per heavy atom. The summed E-state index contributed by atoms with van der Waals surface area (Å²) in [6, 6.07) is 7.65. The Morgan fingerprint density at radius 1 is 1.00 bits per heavy atom. The summed E-state index contributed by atoms with van der Waals surface area (Å²) in [6.45, 7) is 7.50. The minimum atomic E-state index is -3.68. The number of hydrogen-bond donors (Lipinski definition) is 2. The van der Waals surface area contributed by atoms with Crippen molar-refractivity contribution in [3.63, 3.8) is 0 Å². The van der Waals surface area contributed by atoms with Crippen molar-refractivity contribution in [3.05, 3.63) is 52.0 Å². The molecule has 0 aliphatic heterocycles. The van der Waals surface area contributed by atoms with Crippen molar-refractivity contribution in [2.75, 3.05) is 18.1 Å². The van der Waals surface area contributed by atoms with Crippen molar-refractivity contribution < 1.29 is 16.8 Å². The van der Waals surface area contributed by atoms with E-state index in [9.17, 15) is 16.8 Å². The van der Waals surface area contributed by atoms with E-state index in [4.69, 9.17) is 11.6 Å². The van der Waals surface area contributed by atoms with Gasteiger partial charge in [-0.2, -0.15) is 0 Å². The number of hydrogen-bond acceptors (Lipinski definition) is 5. The van der Waals surface area contributed by atoms with Crippen LogP contribution >= 0.6 is 11.6 Å². The first-order valence-electron chi connectivity index (χ1n) is 8.65. The zero-order valence-corrected chi connectivity index (χ0v) is 18.9. The van der Waals surface area contributed by atoms with Crippen molar-refractivity contribution in [1.82, 2.24) is 4.72 Å². The molecule has 28 heavy (non-hydrogen) atoms. The fraction of sp³-hybridized carbons (Fsp3) is 0.368. The first-order chi connectivity index (χ1) is 12.8. The number of halogens is 1. The first kappa shape index (κ1) is 22.7. The third kappa shape index (κ3) is 5.47. The zero-order valence-electron chi connectivity index (χ0n) is 16.5. The second-order valence-electron chi connectivity index (χ2n) is 7.04. The van der Waals surface area contributed by atoms with Gasteiger partial charge in [0.2, 0.25) is 10.0 Å². The van der Waals surface area contributed by atoms with Crippen molar-refractivity contribution >= 4 is 37.1 Å². The second-order valence-corrected chi connectivity index (χ2v) is 11.1. The lowest BCUT2D eigenvalue weighted by molar-refractivity contribution is 0.564. The van der Waals surface area contributed by atoms with E-state index in [-0.39, 0.29) is 16.5 Å². The van der Waals surface area contributed by atoms with Gasteiger partial charge >= 0.3 is 0 Å². The van der Waals surface area contributed by atoms with Crippen LogP contribution < -0.4 is 10.0 Å². The smallest absolute Gasteiger partial charge is 0.241 e. The van der Waals surface area contributed by atoms with Crippen LogP contribution in [0.25, 0.3) is 0 Å². The lowest BCUT2D eigenvalue weighted by atomic mass is 10.1. The van der Waals surface area contributed by atoms with Crippen LogP contribution in [0.1, 0.15) is 23.6 Å². The van der Waals surface area contributed by atoms with Crippen LogP contribution in [0, 0.1) is 20.8 Å². The highest BCUT2D eigenvalue weighted by Crippen LogP contribution is 2.25. The third-order valence-corrected chi connectivity index (χ3v) is 7.51. The predicted octanol–water partition coefficient (Wildman–Crippen LogP) is 3.45. The Morgan fingerprint density at radius 3 is 2.07 bits per heavy atom. The van der Waals surface area contributed by atoms with E-state index in [1.165, 1.54) is 12.1 Å². The summed E-state index contributed by atoms with van der Waals surface area (Å²) < 4.78 is 51.4. The maximum Gasteiger partial charge on any atom is 0.241 e. The summed E-state index contributed by atoms with van der Waals surface area (Å²) in [4.78, 5) is 0.419. The molecule has 2 aromatic rings. The van der Waals surface area contributed by atoms with Gasteiger partial charge in [-0.25, -0.2) is 21.6 Å². The van der Waals surface area contributed by atoms with Crippen LogP contribution in [0.5, 0.6) is 0 Å². The standard InChI is InChI=1S/C19H25ClN2O4S2/c1-12-8-13(2)19(14(3)9-12)28(25,26)22-15(4)11-21-18-7-6-16(10-17(18)20)27(5,23)24/h6-10,15,21-22H,11H2,1-5H3/t15-/m0/s1.